The van der Waals surface area contributed by atoms with Gasteiger partial charge in [-0.05, 0) is 6.07 Å². The maximum Gasteiger partial charge on any atom is 1.00 e. The van der Waals surface area contributed by atoms with Crippen LogP contribution in [0.1, 0.15) is 6.23 Å². The number of ether oxygens (including phenoxy) is 1. The average molecular weight is 512 g/mol. The zero-order chi connectivity index (χ0) is 23.6. The van der Waals surface area contributed by atoms with Crippen LogP contribution >= 0.6 is 15.6 Å². The molecule has 6 N–H and O–H groups in total. The molecule has 15 nitrogen and oxygen atoms in total. The zero-order valence-electron chi connectivity index (χ0n) is 18.0. The number of phosphoric ester groups is 2. The maximum atomic E-state index is 12.0. The van der Waals surface area contributed by atoms with Gasteiger partial charge in [0.15, 0.2) is 6.23 Å². The van der Waals surface area contributed by atoms with E-state index in [-0.39, 0.29) is 42.0 Å². The number of likely N-dealkylation sites (N-methyl/N-ethyl adjacent to an activating group) is 1. The molecule has 1 aliphatic heterocycles. The normalized spacial score (nSPS) is 27.3. The van der Waals surface area contributed by atoms with E-state index in [1.54, 1.807) is 21.1 Å². The molecule has 2 heterocycles. The molecule has 0 saturated carbocycles. The predicted molar refractivity (Wildman–Crippen MR) is 104 cm³/mol. The molecule has 1 aliphatic rings. The fourth-order valence-corrected chi connectivity index (χ4v) is 4.56. The number of hydrogen-bond acceptors (Lipinski definition) is 11. The molecule has 2 rings (SSSR count). The van der Waals surface area contributed by atoms with Crippen LogP contribution in [-0.2, 0) is 27.2 Å². The third-order valence-electron chi connectivity index (χ3n) is 4.09. The topological polar surface area (TPSA) is 213 Å². The first-order valence-corrected chi connectivity index (χ1v) is 11.9. The Morgan fingerprint density at radius 3 is 2.34 bits per heavy atom. The van der Waals surface area contributed by atoms with Gasteiger partial charge in [0, 0.05) is 6.20 Å². The third kappa shape index (κ3) is 8.85. The number of aliphatic hydroxyl groups excluding tert-OH is 2. The number of nitrogens with two attached hydrogens (primary N) is 1. The number of anilines is 1. The first-order chi connectivity index (χ1) is 14.1. The molecule has 1 aromatic heterocycles. The van der Waals surface area contributed by atoms with Gasteiger partial charge in [0.05, 0.1) is 27.7 Å². The monoisotopic (exact) mass is 512 g/mol. The second kappa shape index (κ2) is 11.5. The van der Waals surface area contributed by atoms with E-state index < -0.39 is 52.5 Å². The van der Waals surface area contributed by atoms with Gasteiger partial charge < -0.3 is 35.0 Å². The van der Waals surface area contributed by atoms with Gasteiger partial charge in [0.25, 0.3) is 0 Å². The third-order valence-corrected chi connectivity index (χ3v) is 6.72. The molecule has 1 fully saturated rings. The zero-order valence-corrected chi connectivity index (χ0v) is 21.8. The summed E-state index contributed by atoms with van der Waals surface area (Å²) in [7, 11) is -4.64. The Morgan fingerprint density at radius 1 is 1.19 bits per heavy atom. The van der Waals surface area contributed by atoms with Crippen LogP contribution in [0.15, 0.2) is 17.1 Å². The molecular weight excluding hydrogens is 485 g/mol. The van der Waals surface area contributed by atoms with Crippen molar-refractivity contribution >= 4 is 21.5 Å². The maximum absolute atomic E-state index is 12.0. The number of rotatable bonds is 10. The molecule has 6 unspecified atom stereocenters. The van der Waals surface area contributed by atoms with Crippen molar-refractivity contribution in [3.8, 4) is 0 Å². The molecule has 0 aliphatic carbocycles. The first kappa shape index (κ1) is 29.8. The molecule has 0 radical (unpaired) electrons. The summed E-state index contributed by atoms with van der Waals surface area (Å²) >= 11 is 0. The minimum Gasteiger partial charge on any atom is -0.387 e. The standard InChI is InChI=1S/C14H26N4O11P2.Na/c1-18(2,3)6-7-26-30(22,23)29-31(24,25)27-8-9-11(19)12(20)13(28-9)17-5-4-10(15)16-14(17)21;/h4-5,9,11-13,19-20H,6-8H2,1-3H3,(H3-,15,16,21,22,23,24,25);/q;+1/p+1. The van der Waals surface area contributed by atoms with Crippen molar-refractivity contribution in [1.29, 1.82) is 0 Å². The van der Waals surface area contributed by atoms with Crippen LogP contribution in [0.3, 0.4) is 0 Å². The van der Waals surface area contributed by atoms with E-state index in [4.69, 9.17) is 10.5 Å². The largest absolute Gasteiger partial charge is 1.00 e. The number of nitrogen functional groups attached to an aromatic ring is 1. The Labute approximate surface area is 205 Å². The summed E-state index contributed by atoms with van der Waals surface area (Å²) in [6.45, 7) is -0.746. The molecule has 0 amide bonds. The number of hydrogen-bond donors (Lipinski definition) is 5. The molecule has 178 valence electrons. The van der Waals surface area contributed by atoms with Gasteiger partial charge in [-0.2, -0.15) is 9.29 Å². The molecular formula is C14H27N4NaO11P2+2. The van der Waals surface area contributed by atoms with Gasteiger partial charge in [-0.3, -0.25) is 13.6 Å². The number of nitrogens with zero attached hydrogens (tertiary/aromatic N) is 3. The number of quaternary nitrogens is 1. The van der Waals surface area contributed by atoms with E-state index in [1.807, 2.05) is 0 Å². The predicted octanol–water partition coefficient (Wildman–Crippen LogP) is -4.59. The summed E-state index contributed by atoms with van der Waals surface area (Å²) in [5, 5.41) is 20.2. The van der Waals surface area contributed by atoms with Crippen LogP contribution in [0.2, 0.25) is 0 Å². The summed E-state index contributed by atoms with van der Waals surface area (Å²) in [5.41, 5.74) is 4.53. The second-order valence-electron chi connectivity index (χ2n) is 7.75. The van der Waals surface area contributed by atoms with Crippen LogP contribution in [0.4, 0.5) is 5.82 Å². The van der Waals surface area contributed by atoms with E-state index in [2.05, 4.69) is 18.3 Å². The van der Waals surface area contributed by atoms with Gasteiger partial charge in [-0.25, -0.2) is 13.9 Å². The second-order valence-corrected chi connectivity index (χ2v) is 10.8. The summed E-state index contributed by atoms with van der Waals surface area (Å²) in [6.07, 6.45) is -4.82. The first-order valence-electron chi connectivity index (χ1n) is 8.93. The van der Waals surface area contributed by atoms with Crippen LogP contribution in [-0.4, -0.2) is 93.2 Å². The van der Waals surface area contributed by atoms with E-state index in [0.717, 1.165) is 4.57 Å². The number of aliphatic hydroxyl groups is 2. The minimum absolute atomic E-state index is 0. The van der Waals surface area contributed by atoms with E-state index >= 15 is 0 Å². The van der Waals surface area contributed by atoms with Gasteiger partial charge in [0.1, 0.15) is 37.3 Å². The smallest absolute Gasteiger partial charge is 0.387 e. The summed E-state index contributed by atoms with van der Waals surface area (Å²) < 4.78 is 43.9. The molecule has 0 aromatic carbocycles. The van der Waals surface area contributed by atoms with Crippen molar-refractivity contribution in [2.75, 3.05) is 46.6 Å². The summed E-state index contributed by atoms with van der Waals surface area (Å²) in [4.78, 5) is 34.7. The van der Waals surface area contributed by atoms with E-state index in [1.165, 1.54) is 12.3 Å². The van der Waals surface area contributed by atoms with Crippen molar-refractivity contribution in [2.45, 2.75) is 24.5 Å². The van der Waals surface area contributed by atoms with Crippen molar-refractivity contribution in [3.63, 3.8) is 0 Å². The van der Waals surface area contributed by atoms with Crippen molar-refractivity contribution in [2.24, 2.45) is 0 Å². The Balaban J connectivity index is 0.00000512. The van der Waals surface area contributed by atoms with Crippen molar-refractivity contribution < 1.29 is 81.3 Å². The molecule has 0 spiro atoms. The van der Waals surface area contributed by atoms with Crippen LogP contribution < -0.4 is 41.0 Å². The summed E-state index contributed by atoms with van der Waals surface area (Å²) in [6, 6.07) is 1.26. The molecule has 32 heavy (non-hydrogen) atoms. The molecule has 6 atom stereocenters. The van der Waals surface area contributed by atoms with E-state index in [9.17, 15) is 33.9 Å². The Kier molecular flexibility index (Phi) is 10.7. The summed E-state index contributed by atoms with van der Waals surface area (Å²) in [5.74, 6) is -0.0652. The van der Waals surface area contributed by atoms with Crippen LogP contribution in [0, 0.1) is 0 Å². The molecule has 0 bridgehead atoms. The number of aromatic nitrogens is 2. The van der Waals surface area contributed by atoms with Crippen molar-refractivity contribution in [1.82, 2.24) is 9.55 Å². The average Bonchev–Trinajstić information content (AvgIpc) is 2.86. The van der Waals surface area contributed by atoms with Gasteiger partial charge in [0.2, 0.25) is 0 Å². The molecule has 18 heteroatoms. The Bertz CT molecular complexity index is 927. The van der Waals surface area contributed by atoms with Crippen molar-refractivity contribution in [3.05, 3.63) is 22.7 Å². The fourth-order valence-electron chi connectivity index (χ4n) is 2.49. The fraction of sp³-hybridized carbons (Fsp3) is 0.714. The van der Waals surface area contributed by atoms with Gasteiger partial charge in [-0.1, -0.05) is 0 Å². The Hall–Kier alpha value is -0.220. The Morgan fingerprint density at radius 2 is 1.78 bits per heavy atom. The van der Waals surface area contributed by atoms with Gasteiger partial charge in [-0.15, -0.1) is 0 Å². The quantitative estimate of drug-likeness (QED) is 0.114. The SMILES string of the molecule is C[N+](C)(C)CCOP(=O)(O)OP(=O)(O)OCC1OC(n2ccc(N)nc2=O)C(O)C1O.[Na+]. The van der Waals surface area contributed by atoms with Gasteiger partial charge >= 0.3 is 50.9 Å². The van der Waals surface area contributed by atoms with Crippen LogP contribution in [0.25, 0.3) is 0 Å². The molecule has 1 saturated heterocycles. The van der Waals surface area contributed by atoms with Crippen LogP contribution in [0.5, 0.6) is 0 Å². The number of phosphoric acid groups is 2. The van der Waals surface area contributed by atoms with E-state index in [0.29, 0.717) is 11.0 Å². The molecule has 1 aromatic rings. The minimum atomic E-state index is -5.11.